The molecule has 1 heterocycles. The van der Waals surface area contributed by atoms with Crippen LogP contribution in [0.5, 0.6) is 0 Å². The van der Waals surface area contributed by atoms with Crippen molar-refractivity contribution in [2.24, 2.45) is 0 Å². The second kappa shape index (κ2) is 4.81. The van der Waals surface area contributed by atoms with E-state index >= 15 is 0 Å². The summed E-state index contributed by atoms with van der Waals surface area (Å²) in [7, 11) is 1.80. The van der Waals surface area contributed by atoms with Crippen LogP contribution in [0.15, 0.2) is 24.3 Å². The number of likely N-dealkylation sites (N-methyl/N-ethyl adjacent to an activating group) is 1. The molecular formula is C12H14N2O2S. The Morgan fingerprint density at radius 3 is 2.88 bits per heavy atom. The first-order valence-electron chi connectivity index (χ1n) is 5.35. The van der Waals surface area contributed by atoms with Crippen LogP contribution in [-0.4, -0.2) is 34.6 Å². The first-order valence-corrected chi connectivity index (χ1v) is 6.17. The van der Waals surface area contributed by atoms with Gasteiger partial charge >= 0.3 is 5.97 Å². The molecule has 4 nitrogen and oxygen atoms in total. The lowest BCUT2D eigenvalue weighted by atomic mass is 10.3. The summed E-state index contributed by atoms with van der Waals surface area (Å²) < 4.78 is 1.14. The first kappa shape index (κ1) is 12.0. The van der Waals surface area contributed by atoms with Gasteiger partial charge in [-0.1, -0.05) is 12.1 Å². The quantitative estimate of drug-likeness (QED) is 0.905. The van der Waals surface area contributed by atoms with Crippen LogP contribution in [0.2, 0.25) is 0 Å². The molecule has 1 unspecified atom stereocenters. The average Bonchev–Trinajstić information content (AvgIpc) is 2.70. The van der Waals surface area contributed by atoms with Crippen LogP contribution in [0.25, 0.3) is 10.2 Å². The molecule has 1 atom stereocenters. The largest absolute Gasteiger partial charge is 0.480 e. The van der Waals surface area contributed by atoms with Crippen molar-refractivity contribution in [2.45, 2.75) is 13.0 Å². The number of aliphatic carboxylic acids is 1. The molecule has 0 aliphatic heterocycles. The second-order valence-corrected chi connectivity index (χ2v) is 5.07. The van der Waals surface area contributed by atoms with E-state index in [1.54, 1.807) is 23.3 Å². The van der Waals surface area contributed by atoms with Crippen molar-refractivity contribution < 1.29 is 9.90 Å². The van der Waals surface area contributed by atoms with E-state index in [-0.39, 0.29) is 12.6 Å². The van der Waals surface area contributed by atoms with Gasteiger partial charge in [-0.2, -0.15) is 0 Å². The van der Waals surface area contributed by atoms with Crippen LogP contribution in [-0.2, 0) is 4.79 Å². The maximum absolute atomic E-state index is 10.7. The zero-order valence-corrected chi connectivity index (χ0v) is 10.6. The van der Waals surface area contributed by atoms with Crippen molar-refractivity contribution in [2.75, 3.05) is 13.6 Å². The minimum absolute atomic E-state index is 0.0171. The van der Waals surface area contributed by atoms with Gasteiger partial charge in [0, 0.05) is 0 Å². The van der Waals surface area contributed by atoms with E-state index in [1.807, 2.05) is 31.2 Å². The topological polar surface area (TPSA) is 53.4 Å². The lowest BCUT2D eigenvalue weighted by molar-refractivity contribution is -0.138. The highest BCUT2D eigenvalue weighted by molar-refractivity contribution is 7.18. The number of carboxylic acids is 1. The van der Waals surface area contributed by atoms with Gasteiger partial charge in [0.25, 0.3) is 0 Å². The normalized spacial score (nSPS) is 13.1. The van der Waals surface area contributed by atoms with Crippen LogP contribution >= 0.6 is 11.3 Å². The van der Waals surface area contributed by atoms with Crippen LogP contribution in [0.1, 0.15) is 18.0 Å². The monoisotopic (exact) mass is 250 g/mol. The van der Waals surface area contributed by atoms with Crippen molar-refractivity contribution in [3.8, 4) is 0 Å². The fourth-order valence-electron chi connectivity index (χ4n) is 1.61. The molecule has 1 aromatic heterocycles. The Hall–Kier alpha value is -1.46. The van der Waals surface area contributed by atoms with Crippen molar-refractivity contribution in [3.63, 3.8) is 0 Å². The van der Waals surface area contributed by atoms with Crippen molar-refractivity contribution in [1.82, 2.24) is 9.88 Å². The molecule has 1 N–H and O–H groups in total. The molecule has 0 aliphatic rings. The number of rotatable bonds is 4. The van der Waals surface area contributed by atoms with E-state index in [0.717, 1.165) is 15.2 Å². The SMILES string of the molecule is CC(c1nc2ccccc2s1)N(C)CC(=O)O. The van der Waals surface area contributed by atoms with E-state index in [0.29, 0.717) is 0 Å². The minimum atomic E-state index is -0.819. The Morgan fingerprint density at radius 1 is 1.53 bits per heavy atom. The van der Waals surface area contributed by atoms with Gasteiger partial charge in [0.05, 0.1) is 22.8 Å². The molecule has 0 saturated carbocycles. The number of aromatic nitrogens is 1. The fourth-order valence-corrected chi connectivity index (χ4v) is 2.69. The number of fused-ring (bicyclic) bond motifs is 1. The summed E-state index contributed by atoms with van der Waals surface area (Å²) in [4.78, 5) is 17.0. The maximum Gasteiger partial charge on any atom is 0.317 e. The van der Waals surface area contributed by atoms with Gasteiger partial charge in [-0.15, -0.1) is 11.3 Å². The smallest absolute Gasteiger partial charge is 0.317 e. The molecule has 90 valence electrons. The van der Waals surface area contributed by atoms with Gasteiger partial charge < -0.3 is 5.11 Å². The van der Waals surface area contributed by atoms with Crippen LogP contribution in [0.3, 0.4) is 0 Å². The van der Waals surface area contributed by atoms with E-state index < -0.39 is 5.97 Å². The Morgan fingerprint density at radius 2 is 2.24 bits per heavy atom. The number of hydrogen-bond donors (Lipinski definition) is 1. The molecule has 0 fully saturated rings. The van der Waals surface area contributed by atoms with Crippen LogP contribution in [0.4, 0.5) is 0 Å². The lowest BCUT2D eigenvalue weighted by Crippen LogP contribution is -2.28. The third-order valence-electron chi connectivity index (χ3n) is 2.71. The highest BCUT2D eigenvalue weighted by atomic mass is 32.1. The van der Waals surface area contributed by atoms with Crippen molar-refractivity contribution >= 4 is 27.5 Å². The number of carbonyl (C=O) groups is 1. The Bertz CT molecular complexity index is 505. The summed E-state index contributed by atoms with van der Waals surface area (Å²) in [6.45, 7) is 2.00. The molecule has 17 heavy (non-hydrogen) atoms. The molecular weight excluding hydrogens is 236 g/mol. The van der Waals surface area contributed by atoms with E-state index in [9.17, 15) is 4.79 Å². The molecule has 0 radical (unpaired) electrons. The third kappa shape index (κ3) is 2.62. The maximum atomic E-state index is 10.7. The number of nitrogens with zero attached hydrogens (tertiary/aromatic N) is 2. The summed E-state index contributed by atoms with van der Waals surface area (Å²) >= 11 is 1.62. The molecule has 2 aromatic rings. The van der Waals surface area contributed by atoms with Gasteiger partial charge in [-0.3, -0.25) is 9.69 Å². The molecule has 0 bridgehead atoms. The number of para-hydroxylation sites is 1. The van der Waals surface area contributed by atoms with Gasteiger partial charge in [-0.25, -0.2) is 4.98 Å². The Kier molecular flexibility index (Phi) is 3.40. The molecule has 0 amide bonds. The molecule has 0 aliphatic carbocycles. The molecule has 0 saturated heterocycles. The fraction of sp³-hybridized carbons (Fsp3) is 0.333. The third-order valence-corrected chi connectivity index (χ3v) is 3.92. The van der Waals surface area contributed by atoms with Gasteiger partial charge in [0.15, 0.2) is 0 Å². The van der Waals surface area contributed by atoms with Crippen LogP contribution < -0.4 is 0 Å². The lowest BCUT2D eigenvalue weighted by Gasteiger charge is -2.20. The molecule has 0 spiro atoms. The molecule has 2 rings (SSSR count). The van der Waals surface area contributed by atoms with Gasteiger partial charge in [0.1, 0.15) is 5.01 Å². The zero-order chi connectivity index (χ0) is 12.4. The second-order valence-electron chi connectivity index (χ2n) is 4.00. The summed E-state index contributed by atoms with van der Waals surface area (Å²) in [5, 5.41) is 9.71. The average molecular weight is 250 g/mol. The standard InChI is InChI=1S/C12H14N2O2S/c1-8(14(2)7-11(15)16)12-13-9-5-3-4-6-10(9)17-12/h3-6,8H,7H2,1-2H3,(H,15,16). The first-order chi connectivity index (χ1) is 8.08. The predicted molar refractivity (Wildman–Crippen MR) is 68.3 cm³/mol. The summed E-state index contributed by atoms with van der Waals surface area (Å²) in [5.41, 5.74) is 0.975. The highest BCUT2D eigenvalue weighted by Gasteiger charge is 2.17. The minimum Gasteiger partial charge on any atom is -0.480 e. The van der Waals surface area contributed by atoms with Crippen LogP contribution in [0, 0.1) is 0 Å². The van der Waals surface area contributed by atoms with E-state index in [1.165, 1.54) is 0 Å². The van der Waals surface area contributed by atoms with E-state index in [2.05, 4.69) is 4.98 Å². The number of thiazole rings is 1. The van der Waals surface area contributed by atoms with Crippen molar-refractivity contribution in [3.05, 3.63) is 29.3 Å². The predicted octanol–water partition coefficient (Wildman–Crippen LogP) is 2.37. The number of hydrogen-bond acceptors (Lipinski definition) is 4. The zero-order valence-electron chi connectivity index (χ0n) is 9.75. The Balaban J connectivity index is 2.24. The summed E-state index contributed by atoms with van der Waals surface area (Å²) in [6.07, 6.45) is 0. The van der Waals surface area contributed by atoms with Gasteiger partial charge in [-0.05, 0) is 26.1 Å². The molecule has 5 heteroatoms. The molecule has 1 aromatic carbocycles. The van der Waals surface area contributed by atoms with Gasteiger partial charge in [0.2, 0.25) is 0 Å². The highest BCUT2D eigenvalue weighted by Crippen LogP contribution is 2.28. The Labute approximate surface area is 104 Å². The summed E-state index contributed by atoms with van der Waals surface area (Å²) in [5.74, 6) is -0.819. The number of carboxylic acid groups (broad SMARTS) is 1. The van der Waals surface area contributed by atoms with Crippen molar-refractivity contribution in [1.29, 1.82) is 0 Å². The number of benzene rings is 1. The summed E-state index contributed by atoms with van der Waals surface area (Å²) in [6, 6.07) is 7.95. The van der Waals surface area contributed by atoms with E-state index in [4.69, 9.17) is 5.11 Å².